The molecule has 0 saturated heterocycles. The first-order valence-corrected chi connectivity index (χ1v) is 9.20. The number of methoxy groups -OCH3 is 1. The molecule has 0 saturated carbocycles. The van der Waals surface area contributed by atoms with Gasteiger partial charge in [0.15, 0.2) is 4.34 Å². The van der Waals surface area contributed by atoms with Crippen molar-refractivity contribution < 1.29 is 9.53 Å². The van der Waals surface area contributed by atoms with Gasteiger partial charge >= 0.3 is 0 Å². The molecule has 0 spiro atoms. The normalized spacial score (nSPS) is 10.4. The molecule has 3 aromatic rings. The maximum atomic E-state index is 12.3. The van der Waals surface area contributed by atoms with E-state index in [4.69, 9.17) is 10.5 Å². The smallest absolute Gasteiger partial charge is 0.255 e. The van der Waals surface area contributed by atoms with Gasteiger partial charge in [0.2, 0.25) is 5.13 Å². The van der Waals surface area contributed by atoms with Crippen LogP contribution in [0.4, 0.5) is 10.8 Å². The Labute approximate surface area is 153 Å². The van der Waals surface area contributed by atoms with Crippen molar-refractivity contribution in [1.29, 1.82) is 0 Å². The third-order valence-corrected chi connectivity index (χ3v) is 5.31. The number of benzene rings is 2. The predicted octanol–water partition coefficient (Wildman–Crippen LogP) is 3.67. The first-order chi connectivity index (χ1) is 12.1. The SMILES string of the molecule is COc1ccc(NC(=O)c2ccc(CSc3nnc(N)s3)cc2)cc1. The zero-order valence-electron chi connectivity index (χ0n) is 13.4. The summed E-state index contributed by atoms with van der Waals surface area (Å²) in [5, 5.41) is 11.1. The van der Waals surface area contributed by atoms with Gasteiger partial charge in [-0.25, -0.2) is 0 Å². The molecule has 128 valence electrons. The number of nitrogens with zero attached hydrogens (tertiary/aromatic N) is 2. The van der Waals surface area contributed by atoms with Crippen LogP contribution in [-0.2, 0) is 5.75 Å². The third-order valence-electron chi connectivity index (χ3n) is 3.35. The molecule has 3 N–H and O–H groups in total. The van der Waals surface area contributed by atoms with E-state index in [-0.39, 0.29) is 5.91 Å². The molecular formula is C17H16N4O2S2. The van der Waals surface area contributed by atoms with Crippen LogP contribution in [0.2, 0.25) is 0 Å². The van der Waals surface area contributed by atoms with Gasteiger partial charge in [-0.05, 0) is 42.0 Å². The monoisotopic (exact) mass is 372 g/mol. The average molecular weight is 372 g/mol. The van der Waals surface area contributed by atoms with E-state index in [1.807, 2.05) is 24.3 Å². The lowest BCUT2D eigenvalue weighted by Crippen LogP contribution is -2.11. The van der Waals surface area contributed by atoms with Crippen molar-refractivity contribution in [3.63, 3.8) is 0 Å². The largest absolute Gasteiger partial charge is 0.497 e. The lowest BCUT2D eigenvalue weighted by Gasteiger charge is -2.07. The van der Waals surface area contributed by atoms with E-state index in [1.54, 1.807) is 43.1 Å². The number of hydrogen-bond acceptors (Lipinski definition) is 7. The number of hydrogen-bond donors (Lipinski definition) is 2. The molecule has 1 aromatic heterocycles. The number of carbonyl (C=O) groups excluding carboxylic acids is 1. The minimum absolute atomic E-state index is 0.152. The van der Waals surface area contributed by atoms with Crippen molar-refractivity contribution in [3.8, 4) is 5.75 Å². The molecule has 25 heavy (non-hydrogen) atoms. The van der Waals surface area contributed by atoms with Crippen LogP contribution in [0.5, 0.6) is 5.75 Å². The van der Waals surface area contributed by atoms with Gasteiger partial charge in [-0.3, -0.25) is 4.79 Å². The van der Waals surface area contributed by atoms with Crippen LogP contribution in [0.3, 0.4) is 0 Å². The molecule has 0 unspecified atom stereocenters. The topological polar surface area (TPSA) is 90.1 Å². The second-order valence-electron chi connectivity index (χ2n) is 5.07. The highest BCUT2D eigenvalue weighted by atomic mass is 32.2. The molecule has 0 aliphatic heterocycles. The van der Waals surface area contributed by atoms with Crippen molar-refractivity contribution in [2.75, 3.05) is 18.2 Å². The second-order valence-corrected chi connectivity index (χ2v) is 7.31. The van der Waals surface area contributed by atoms with E-state index < -0.39 is 0 Å². The molecule has 0 fully saturated rings. The van der Waals surface area contributed by atoms with Gasteiger partial charge in [-0.15, -0.1) is 10.2 Å². The van der Waals surface area contributed by atoms with Gasteiger partial charge in [-0.1, -0.05) is 35.2 Å². The first kappa shape index (κ1) is 17.2. The molecule has 0 atom stereocenters. The highest BCUT2D eigenvalue weighted by Crippen LogP contribution is 2.27. The summed E-state index contributed by atoms with van der Waals surface area (Å²) in [6, 6.07) is 14.7. The maximum absolute atomic E-state index is 12.3. The summed E-state index contributed by atoms with van der Waals surface area (Å²) in [4.78, 5) is 12.3. The van der Waals surface area contributed by atoms with E-state index in [1.165, 1.54) is 11.3 Å². The molecule has 1 amide bonds. The fourth-order valence-electron chi connectivity index (χ4n) is 2.05. The highest BCUT2D eigenvalue weighted by Gasteiger charge is 2.07. The number of thioether (sulfide) groups is 1. The minimum atomic E-state index is -0.152. The van der Waals surface area contributed by atoms with Gasteiger partial charge in [-0.2, -0.15) is 0 Å². The fraction of sp³-hybridized carbons (Fsp3) is 0.118. The quantitative estimate of drug-likeness (QED) is 0.642. The zero-order chi connectivity index (χ0) is 17.6. The summed E-state index contributed by atoms with van der Waals surface area (Å²) in [7, 11) is 1.60. The van der Waals surface area contributed by atoms with Crippen LogP contribution < -0.4 is 15.8 Å². The van der Waals surface area contributed by atoms with Crippen molar-refractivity contribution in [1.82, 2.24) is 10.2 Å². The Morgan fingerprint density at radius 3 is 2.48 bits per heavy atom. The molecule has 0 bridgehead atoms. The van der Waals surface area contributed by atoms with Gasteiger partial charge in [0.25, 0.3) is 5.91 Å². The summed E-state index contributed by atoms with van der Waals surface area (Å²) < 4.78 is 5.93. The summed E-state index contributed by atoms with van der Waals surface area (Å²) >= 11 is 2.93. The number of aromatic nitrogens is 2. The van der Waals surface area contributed by atoms with Crippen molar-refractivity contribution in [3.05, 3.63) is 59.7 Å². The summed E-state index contributed by atoms with van der Waals surface area (Å²) in [6.07, 6.45) is 0. The molecule has 0 aliphatic rings. The van der Waals surface area contributed by atoms with Gasteiger partial charge in [0.1, 0.15) is 5.75 Å². The Balaban J connectivity index is 1.57. The number of rotatable bonds is 6. The van der Waals surface area contributed by atoms with Gasteiger partial charge in [0.05, 0.1) is 7.11 Å². The average Bonchev–Trinajstić information content (AvgIpc) is 3.06. The Bertz CT molecular complexity index is 848. The van der Waals surface area contributed by atoms with Crippen LogP contribution in [0.25, 0.3) is 0 Å². The predicted molar refractivity (Wildman–Crippen MR) is 101 cm³/mol. The molecule has 2 aromatic carbocycles. The number of nitrogen functional groups attached to an aromatic ring is 1. The Morgan fingerprint density at radius 1 is 1.16 bits per heavy atom. The molecular weight excluding hydrogens is 356 g/mol. The molecule has 6 nitrogen and oxygen atoms in total. The van der Waals surface area contributed by atoms with Crippen LogP contribution in [0, 0.1) is 0 Å². The standard InChI is InChI=1S/C17H16N4O2S2/c1-23-14-8-6-13(7-9-14)19-15(22)12-4-2-11(3-5-12)10-24-17-21-20-16(18)25-17/h2-9H,10H2,1H3,(H2,18,20)(H,19,22). The van der Waals surface area contributed by atoms with Crippen molar-refractivity contribution in [2.24, 2.45) is 0 Å². The Morgan fingerprint density at radius 2 is 1.88 bits per heavy atom. The molecule has 0 radical (unpaired) electrons. The highest BCUT2D eigenvalue weighted by molar-refractivity contribution is 8.00. The lowest BCUT2D eigenvalue weighted by atomic mass is 10.1. The van der Waals surface area contributed by atoms with Crippen LogP contribution in [-0.4, -0.2) is 23.2 Å². The number of nitrogens with one attached hydrogen (secondary N) is 1. The number of nitrogens with two attached hydrogens (primary N) is 1. The molecule has 0 aliphatic carbocycles. The maximum Gasteiger partial charge on any atom is 0.255 e. The summed E-state index contributed by atoms with van der Waals surface area (Å²) in [5.74, 6) is 1.34. The van der Waals surface area contributed by atoms with Crippen molar-refractivity contribution >= 4 is 39.8 Å². The number of anilines is 2. The van der Waals surface area contributed by atoms with E-state index in [0.717, 1.165) is 27.1 Å². The van der Waals surface area contributed by atoms with Crippen LogP contribution in [0.15, 0.2) is 52.9 Å². The lowest BCUT2D eigenvalue weighted by molar-refractivity contribution is 0.102. The molecule has 3 rings (SSSR count). The minimum Gasteiger partial charge on any atom is -0.497 e. The van der Waals surface area contributed by atoms with E-state index in [9.17, 15) is 4.79 Å². The summed E-state index contributed by atoms with van der Waals surface area (Å²) in [5.41, 5.74) is 7.98. The number of carbonyl (C=O) groups is 1. The summed E-state index contributed by atoms with van der Waals surface area (Å²) in [6.45, 7) is 0. The van der Waals surface area contributed by atoms with Crippen LogP contribution >= 0.6 is 23.1 Å². The molecule has 8 heteroatoms. The van der Waals surface area contributed by atoms with Crippen LogP contribution in [0.1, 0.15) is 15.9 Å². The van der Waals surface area contributed by atoms with Crippen molar-refractivity contribution in [2.45, 2.75) is 10.1 Å². The van der Waals surface area contributed by atoms with E-state index in [0.29, 0.717) is 10.7 Å². The van der Waals surface area contributed by atoms with E-state index in [2.05, 4.69) is 15.5 Å². The Kier molecular flexibility index (Phi) is 5.52. The van der Waals surface area contributed by atoms with Gasteiger partial charge < -0.3 is 15.8 Å². The third kappa shape index (κ3) is 4.71. The Hall–Kier alpha value is -2.58. The first-order valence-electron chi connectivity index (χ1n) is 7.40. The number of amides is 1. The molecule has 1 heterocycles. The fourth-order valence-corrected chi connectivity index (χ4v) is 3.65. The second kappa shape index (κ2) is 8.00. The zero-order valence-corrected chi connectivity index (χ0v) is 15.1. The van der Waals surface area contributed by atoms with Gasteiger partial charge in [0, 0.05) is 17.0 Å². The number of ether oxygens (including phenoxy) is 1. The van der Waals surface area contributed by atoms with E-state index >= 15 is 0 Å².